The van der Waals surface area contributed by atoms with Crippen molar-refractivity contribution in [3.63, 3.8) is 0 Å². The standard InChI is InChI=1S/C40H22N4O2/c1-4-11-30-27(10-1)38-32(43(30)23-15-17-36-28(20-23)25-8-2-5-13-34(25)45-36)22-33-40(42-38)39-31(12-7-19-41-39)44(33)24-16-18-37-29(21-24)26-9-3-6-14-35(26)46-37/h1-22H. The fourth-order valence-electron chi connectivity index (χ4n) is 7.36. The SMILES string of the molecule is c1ccc2c(c1)oc1ccc(-n3c4ccccc4c4nc5c6ncccc6n(-c6ccc7oc8ccccc8c7c6)c5cc43)cc12. The van der Waals surface area contributed by atoms with Gasteiger partial charge < -0.3 is 18.0 Å². The van der Waals surface area contributed by atoms with Gasteiger partial charge in [-0.15, -0.1) is 0 Å². The summed E-state index contributed by atoms with van der Waals surface area (Å²) in [5.41, 5.74) is 12.4. The second-order valence-corrected chi connectivity index (χ2v) is 11.8. The van der Waals surface area contributed by atoms with Gasteiger partial charge in [0.1, 0.15) is 33.4 Å². The van der Waals surface area contributed by atoms with E-state index in [1.165, 1.54) is 0 Å². The minimum atomic E-state index is 0.867. The highest BCUT2D eigenvalue weighted by atomic mass is 16.3. The monoisotopic (exact) mass is 590 g/mol. The quantitative estimate of drug-likeness (QED) is 0.201. The van der Waals surface area contributed by atoms with E-state index in [1.54, 1.807) is 0 Å². The van der Waals surface area contributed by atoms with E-state index in [9.17, 15) is 0 Å². The van der Waals surface area contributed by atoms with Gasteiger partial charge in [-0.2, -0.15) is 0 Å². The Hall–Kier alpha value is -6.40. The molecule has 0 fully saturated rings. The average molecular weight is 591 g/mol. The molecular formula is C40H22N4O2. The average Bonchev–Trinajstić information content (AvgIpc) is 3.84. The van der Waals surface area contributed by atoms with Gasteiger partial charge in [0.05, 0.1) is 27.6 Å². The smallest absolute Gasteiger partial charge is 0.135 e. The molecule has 6 heterocycles. The first-order chi connectivity index (χ1) is 22.8. The predicted octanol–water partition coefficient (Wildman–Crippen LogP) is 10.5. The van der Waals surface area contributed by atoms with Gasteiger partial charge in [0.2, 0.25) is 0 Å². The van der Waals surface area contributed by atoms with E-state index in [-0.39, 0.29) is 0 Å². The van der Waals surface area contributed by atoms with Crippen molar-refractivity contribution < 1.29 is 8.83 Å². The lowest BCUT2D eigenvalue weighted by Gasteiger charge is -2.10. The van der Waals surface area contributed by atoms with Crippen molar-refractivity contribution in [2.75, 3.05) is 0 Å². The van der Waals surface area contributed by atoms with Crippen LogP contribution < -0.4 is 0 Å². The van der Waals surface area contributed by atoms with Gasteiger partial charge in [0.25, 0.3) is 0 Å². The molecule has 214 valence electrons. The van der Waals surface area contributed by atoms with Crippen molar-refractivity contribution in [2.45, 2.75) is 0 Å². The van der Waals surface area contributed by atoms with E-state index in [2.05, 4.69) is 106 Å². The summed E-state index contributed by atoms with van der Waals surface area (Å²) in [7, 11) is 0. The van der Waals surface area contributed by atoms with Gasteiger partial charge >= 0.3 is 0 Å². The number of fused-ring (bicyclic) bond motifs is 12. The van der Waals surface area contributed by atoms with Crippen LogP contribution in [0.2, 0.25) is 0 Å². The summed E-state index contributed by atoms with van der Waals surface area (Å²) in [5, 5.41) is 5.47. The van der Waals surface area contributed by atoms with Gasteiger partial charge in [-0.3, -0.25) is 4.98 Å². The zero-order valence-corrected chi connectivity index (χ0v) is 24.3. The summed E-state index contributed by atoms with van der Waals surface area (Å²) >= 11 is 0. The van der Waals surface area contributed by atoms with Crippen molar-refractivity contribution in [3.05, 3.63) is 134 Å². The molecular weight excluding hydrogens is 568 g/mol. The number of para-hydroxylation sites is 3. The molecule has 0 atom stereocenters. The maximum Gasteiger partial charge on any atom is 0.135 e. The van der Waals surface area contributed by atoms with Crippen LogP contribution in [0.1, 0.15) is 0 Å². The topological polar surface area (TPSA) is 61.9 Å². The Morgan fingerprint density at radius 3 is 1.63 bits per heavy atom. The van der Waals surface area contributed by atoms with Crippen molar-refractivity contribution in [1.82, 2.24) is 19.1 Å². The lowest BCUT2D eigenvalue weighted by atomic mass is 10.1. The molecule has 46 heavy (non-hydrogen) atoms. The fraction of sp³-hybridized carbons (Fsp3) is 0. The van der Waals surface area contributed by atoms with Crippen LogP contribution in [0.15, 0.2) is 142 Å². The molecule has 0 aliphatic heterocycles. The first kappa shape index (κ1) is 24.0. The first-order valence-corrected chi connectivity index (χ1v) is 15.3. The van der Waals surface area contributed by atoms with Crippen molar-refractivity contribution in [1.29, 1.82) is 0 Å². The number of hydrogen-bond donors (Lipinski definition) is 0. The predicted molar refractivity (Wildman–Crippen MR) is 185 cm³/mol. The lowest BCUT2D eigenvalue weighted by molar-refractivity contribution is 0.668. The Morgan fingerprint density at radius 1 is 0.391 bits per heavy atom. The summed E-state index contributed by atoms with van der Waals surface area (Å²) in [4.78, 5) is 10.2. The molecule has 6 heteroatoms. The van der Waals surface area contributed by atoms with Crippen LogP contribution in [0.3, 0.4) is 0 Å². The van der Waals surface area contributed by atoms with E-state index in [0.717, 1.165) is 99.3 Å². The Morgan fingerprint density at radius 2 is 0.935 bits per heavy atom. The summed E-state index contributed by atoms with van der Waals surface area (Å²) in [6.45, 7) is 0. The minimum absolute atomic E-state index is 0.867. The van der Waals surface area contributed by atoms with Crippen LogP contribution in [-0.2, 0) is 0 Å². The first-order valence-electron chi connectivity index (χ1n) is 15.3. The number of aromatic nitrogens is 4. The van der Waals surface area contributed by atoms with Crippen LogP contribution in [0, 0.1) is 0 Å². The summed E-state index contributed by atoms with van der Waals surface area (Å²) in [6, 6.07) is 44.1. The summed E-state index contributed by atoms with van der Waals surface area (Å²) in [6.07, 6.45) is 1.85. The fourth-order valence-corrected chi connectivity index (χ4v) is 7.36. The molecule has 0 saturated heterocycles. The number of furan rings is 2. The number of benzene rings is 5. The molecule has 5 aromatic carbocycles. The lowest BCUT2D eigenvalue weighted by Crippen LogP contribution is -1.96. The van der Waals surface area contributed by atoms with E-state index in [4.69, 9.17) is 18.8 Å². The van der Waals surface area contributed by atoms with Crippen molar-refractivity contribution in [3.8, 4) is 11.4 Å². The molecule has 6 nitrogen and oxygen atoms in total. The van der Waals surface area contributed by atoms with Gasteiger partial charge in [0.15, 0.2) is 0 Å². The zero-order valence-electron chi connectivity index (χ0n) is 24.3. The zero-order chi connectivity index (χ0) is 29.9. The highest BCUT2D eigenvalue weighted by Crippen LogP contribution is 2.39. The Labute approximate surface area is 260 Å². The minimum Gasteiger partial charge on any atom is -0.456 e. The maximum absolute atomic E-state index is 6.17. The van der Waals surface area contributed by atoms with E-state index >= 15 is 0 Å². The Balaban J connectivity index is 1.26. The van der Waals surface area contributed by atoms with E-state index < -0.39 is 0 Å². The van der Waals surface area contributed by atoms with Crippen LogP contribution in [-0.4, -0.2) is 19.1 Å². The third-order valence-corrected chi connectivity index (χ3v) is 9.35. The Kier molecular flexibility index (Phi) is 4.49. The molecule has 0 unspecified atom stereocenters. The highest BCUT2D eigenvalue weighted by Gasteiger charge is 2.21. The summed E-state index contributed by atoms with van der Waals surface area (Å²) in [5.74, 6) is 0. The van der Waals surface area contributed by atoms with Gasteiger partial charge in [-0.1, -0.05) is 54.6 Å². The summed E-state index contributed by atoms with van der Waals surface area (Å²) < 4.78 is 16.9. The Bertz CT molecular complexity index is 2840. The number of pyridine rings is 2. The van der Waals surface area contributed by atoms with Crippen LogP contribution in [0.25, 0.3) is 99.3 Å². The molecule has 0 bridgehead atoms. The molecule has 0 radical (unpaired) electrons. The van der Waals surface area contributed by atoms with E-state index in [1.807, 2.05) is 36.5 Å². The van der Waals surface area contributed by atoms with Gasteiger partial charge in [-0.05, 0) is 72.8 Å². The van der Waals surface area contributed by atoms with Crippen molar-refractivity contribution in [2.24, 2.45) is 0 Å². The van der Waals surface area contributed by atoms with Gasteiger partial charge in [0, 0.05) is 44.5 Å². The van der Waals surface area contributed by atoms with E-state index in [0.29, 0.717) is 0 Å². The van der Waals surface area contributed by atoms with Crippen LogP contribution >= 0.6 is 0 Å². The molecule has 0 amide bonds. The molecule has 0 aliphatic rings. The second kappa shape index (κ2) is 8.61. The third kappa shape index (κ3) is 3.09. The number of nitrogens with zero attached hydrogens (tertiary/aromatic N) is 4. The van der Waals surface area contributed by atoms with Crippen LogP contribution in [0.4, 0.5) is 0 Å². The number of rotatable bonds is 2. The number of hydrogen-bond acceptors (Lipinski definition) is 4. The highest BCUT2D eigenvalue weighted by molar-refractivity contribution is 6.15. The van der Waals surface area contributed by atoms with Crippen LogP contribution in [0.5, 0.6) is 0 Å². The molecule has 11 rings (SSSR count). The molecule has 0 N–H and O–H groups in total. The molecule has 11 aromatic rings. The molecule has 0 spiro atoms. The maximum atomic E-state index is 6.17. The van der Waals surface area contributed by atoms with Gasteiger partial charge in [-0.25, -0.2) is 4.98 Å². The normalized spacial score (nSPS) is 12.3. The molecule has 0 aliphatic carbocycles. The molecule has 6 aromatic heterocycles. The molecule has 0 saturated carbocycles. The third-order valence-electron chi connectivity index (χ3n) is 9.35. The van der Waals surface area contributed by atoms with Crippen molar-refractivity contribution >= 4 is 87.9 Å². The largest absolute Gasteiger partial charge is 0.456 e. The second-order valence-electron chi connectivity index (χ2n) is 11.8.